The summed E-state index contributed by atoms with van der Waals surface area (Å²) in [5.41, 5.74) is 0.858. The number of hydrogen-bond acceptors (Lipinski definition) is 4. The Kier molecular flexibility index (Phi) is 5.57. The molecule has 1 aliphatic rings. The first-order valence-electron chi connectivity index (χ1n) is 8.93. The zero-order valence-corrected chi connectivity index (χ0v) is 16.6. The van der Waals surface area contributed by atoms with Crippen LogP contribution in [0, 0.1) is 5.92 Å². The molecule has 146 valence electrons. The number of sulfonamides is 1. The van der Waals surface area contributed by atoms with Gasteiger partial charge in [-0.05, 0) is 37.0 Å². The van der Waals surface area contributed by atoms with Gasteiger partial charge in [0.05, 0.1) is 7.11 Å². The monoisotopic (exact) mass is 391 g/mol. The largest absolute Gasteiger partial charge is 0.497 e. The van der Waals surface area contributed by atoms with Gasteiger partial charge in [-0.1, -0.05) is 13.0 Å². The van der Waals surface area contributed by atoms with E-state index in [-0.39, 0.29) is 16.5 Å². The minimum Gasteiger partial charge on any atom is -0.497 e. The molecule has 1 aromatic heterocycles. The number of nitrogens with one attached hydrogen (secondary N) is 1. The maximum atomic E-state index is 12.9. The highest BCUT2D eigenvalue weighted by molar-refractivity contribution is 7.89. The van der Waals surface area contributed by atoms with Crippen LogP contribution < -0.4 is 10.1 Å². The predicted molar refractivity (Wildman–Crippen MR) is 104 cm³/mol. The average Bonchev–Trinajstić information content (AvgIpc) is 3.04. The molecule has 0 bridgehead atoms. The van der Waals surface area contributed by atoms with Crippen molar-refractivity contribution in [3.8, 4) is 5.75 Å². The van der Waals surface area contributed by atoms with Crippen molar-refractivity contribution in [1.29, 1.82) is 0 Å². The van der Waals surface area contributed by atoms with Gasteiger partial charge in [-0.2, -0.15) is 4.31 Å². The highest BCUT2D eigenvalue weighted by Gasteiger charge is 2.30. The van der Waals surface area contributed by atoms with Crippen molar-refractivity contribution in [3.05, 3.63) is 42.2 Å². The van der Waals surface area contributed by atoms with Crippen LogP contribution in [0.1, 0.15) is 30.3 Å². The normalized spacial score (nSPS) is 18.3. The highest BCUT2D eigenvalue weighted by Crippen LogP contribution is 2.25. The molecule has 1 fully saturated rings. The number of ether oxygens (including phenoxy) is 1. The molecule has 2 aromatic rings. The third-order valence-corrected chi connectivity index (χ3v) is 6.63. The number of aryl methyl sites for hydroxylation is 1. The summed E-state index contributed by atoms with van der Waals surface area (Å²) in [4.78, 5) is 12.8. The van der Waals surface area contributed by atoms with Crippen molar-refractivity contribution >= 4 is 21.6 Å². The van der Waals surface area contributed by atoms with E-state index in [1.54, 1.807) is 38.4 Å². The maximum Gasteiger partial charge on any atom is 0.272 e. The van der Waals surface area contributed by atoms with Gasteiger partial charge >= 0.3 is 0 Å². The van der Waals surface area contributed by atoms with Crippen LogP contribution in [0.4, 0.5) is 5.69 Å². The quantitative estimate of drug-likeness (QED) is 0.850. The van der Waals surface area contributed by atoms with E-state index in [9.17, 15) is 13.2 Å². The predicted octanol–water partition coefficient (Wildman–Crippen LogP) is 2.71. The molecule has 0 aliphatic carbocycles. The van der Waals surface area contributed by atoms with Gasteiger partial charge in [-0.15, -0.1) is 0 Å². The van der Waals surface area contributed by atoms with E-state index in [2.05, 4.69) is 12.2 Å². The zero-order chi connectivity index (χ0) is 19.6. The molecule has 1 saturated heterocycles. The molecule has 1 amide bonds. The number of aromatic nitrogens is 1. The van der Waals surface area contributed by atoms with E-state index in [1.165, 1.54) is 21.1 Å². The van der Waals surface area contributed by atoms with Gasteiger partial charge in [0.15, 0.2) is 0 Å². The standard InChI is InChI=1S/C19H25N3O4S/c1-14-6-5-9-22(12-14)27(24,25)17-11-18(21(2)13-17)19(23)20-15-7-4-8-16(10-15)26-3/h4,7-8,10-11,13-14H,5-6,9,12H2,1-3H3,(H,20,23). The van der Waals surface area contributed by atoms with Crippen LogP contribution in [-0.4, -0.2) is 43.4 Å². The molecule has 27 heavy (non-hydrogen) atoms. The van der Waals surface area contributed by atoms with Crippen molar-refractivity contribution in [2.75, 3.05) is 25.5 Å². The van der Waals surface area contributed by atoms with Crippen molar-refractivity contribution < 1.29 is 17.9 Å². The van der Waals surface area contributed by atoms with Gasteiger partial charge in [0, 0.05) is 38.1 Å². The Morgan fingerprint density at radius 3 is 2.78 bits per heavy atom. The fourth-order valence-electron chi connectivity index (χ4n) is 3.31. The van der Waals surface area contributed by atoms with Crippen LogP contribution >= 0.6 is 0 Å². The van der Waals surface area contributed by atoms with E-state index in [4.69, 9.17) is 4.74 Å². The van der Waals surface area contributed by atoms with Crippen molar-refractivity contribution in [2.45, 2.75) is 24.7 Å². The number of hydrogen-bond donors (Lipinski definition) is 1. The van der Waals surface area contributed by atoms with Gasteiger partial charge in [0.25, 0.3) is 5.91 Å². The molecule has 1 aliphatic heterocycles. The van der Waals surface area contributed by atoms with Gasteiger partial charge in [0.2, 0.25) is 10.0 Å². The molecular weight excluding hydrogens is 366 g/mol. The number of carbonyl (C=O) groups is 1. The second-order valence-electron chi connectivity index (χ2n) is 6.97. The minimum absolute atomic E-state index is 0.148. The minimum atomic E-state index is -3.60. The summed E-state index contributed by atoms with van der Waals surface area (Å²) < 4.78 is 34.1. The van der Waals surface area contributed by atoms with E-state index in [0.717, 1.165) is 12.8 Å². The Balaban J connectivity index is 1.82. The lowest BCUT2D eigenvalue weighted by molar-refractivity contribution is 0.101. The van der Waals surface area contributed by atoms with E-state index < -0.39 is 10.0 Å². The summed E-state index contributed by atoms with van der Waals surface area (Å²) in [5, 5.41) is 2.78. The smallest absolute Gasteiger partial charge is 0.272 e. The number of amides is 1. The Bertz CT molecular complexity index is 936. The lowest BCUT2D eigenvalue weighted by Gasteiger charge is -2.29. The number of nitrogens with zero attached hydrogens (tertiary/aromatic N) is 2. The molecule has 1 aromatic carbocycles. The second-order valence-corrected chi connectivity index (χ2v) is 8.91. The molecule has 8 heteroatoms. The third kappa shape index (κ3) is 4.17. The summed E-state index contributed by atoms with van der Waals surface area (Å²) in [6.45, 7) is 3.09. The first kappa shape index (κ1) is 19.4. The lowest BCUT2D eigenvalue weighted by atomic mass is 10.0. The molecule has 0 radical (unpaired) electrons. The number of piperidine rings is 1. The Labute approximate surface area is 160 Å². The van der Waals surface area contributed by atoms with E-state index in [1.807, 2.05) is 0 Å². The summed E-state index contributed by atoms with van der Waals surface area (Å²) in [6.07, 6.45) is 3.39. The van der Waals surface area contributed by atoms with Gasteiger partial charge in [-0.25, -0.2) is 8.42 Å². The molecule has 0 saturated carbocycles. The van der Waals surface area contributed by atoms with Gasteiger partial charge < -0.3 is 14.6 Å². The SMILES string of the molecule is COc1cccc(NC(=O)c2cc(S(=O)(=O)N3CCCC(C)C3)cn2C)c1. The molecule has 0 spiro atoms. The average molecular weight is 391 g/mol. The molecule has 1 atom stereocenters. The van der Waals surface area contributed by atoms with Crippen LogP contribution in [0.25, 0.3) is 0 Å². The Morgan fingerprint density at radius 1 is 1.30 bits per heavy atom. The van der Waals surface area contributed by atoms with Crippen molar-refractivity contribution in [3.63, 3.8) is 0 Å². The topological polar surface area (TPSA) is 80.6 Å². The molecule has 1 N–H and O–H groups in total. The Hall–Kier alpha value is -2.32. The second kappa shape index (κ2) is 7.74. The van der Waals surface area contributed by atoms with Crippen molar-refractivity contribution in [1.82, 2.24) is 8.87 Å². The molecule has 1 unspecified atom stereocenters. The fourth-order valence-corrected chi connectivity index (χ4v) is 4.98. The summed E-state index contributed by atoms with van der Waals surface area (Å²) in [5.74, 6) is 0.592. The Morgan fingerprint density at radius 2 is 2.07 bits per heavy atom. The maximum absolute atomic E-state index is 12.9. The number of benzene rings is 1. The summed E-state index contributed by atoms with van der Waals surface area (Å²) >= 11 is 0. The zero-order valence-electron chi connectivity index (χ0n) is 15.8. The number of rotatable bonds is 5. The summed E-state index contributed by atoms with van der Waals surface area (Å²) in [6, 6.07) is 8.43. The molecule has 7 nitrogen and oxygen atoms in total. The van der Waals surface area contributed by atoms with Gasteiger partial charge in [0.1, 0.15) is 16.3 Å². The van der Waals surface area contributed by atoms with Gasteiger partial charge in [-0.3, -0.25) is 4.79 Å². The number of carbonyl (C=O) groups excluding carboxylic acids is 1. The van der Waals surface area contributed by atoms with Crippen molar-refractivity contribution in [2.24, 2.45) is 13.0 Å². The number of methoxy groups -OCH3 is 1. The lowest BCUT2D eigenvalue weighted by Crippen LogP contribution is -2.38. The first-order valence-corrected chi connectivity index (χ1v) is 10.4. The number of anilines is 1. The highest BCUT2D eigenvalue weighted by atomic mass is 32.2. The van der Waals surface area contributed by atoms with Crippen LogP contribution in [-0.2, 0) is 17.1 Å². The third-order valence-electron chi connectivity index (χ3n) is 4.80. The van der Waals surface area contributed by atoms with E-state index in [0.29, 0.717) is 30.4 Å². The van der Waals surface area contributed by atoms with Crippen LogP contribution in [0.15, 0.2) is 41.4 Å². The summed E-state index contributed by atoms with van der Waals surface area (Å²) in [7, 11) is -0.384. The molecular formula is C19H25N3O4S. The fraction of sp³-hybridized carbons (Fsp3) is 0.421. The van der Waals surface area contributed by atoms with Crippen LogP contribution in [0.5, 0.6) is 5.75 Å². The van der Waals surface area contributed by atoms with Crippen LogP contribution in [0.2, 0.25) is 0 Å². The molecule has 2 heterocycles. The van der Waals surface area contributed by atoms with E-state index >= 15 is 0 Å². The van der Waals surface area contributed by atoms with Crippen LogP contribution in [0.3, 0.4) is 0 Å². The molecule has 3 rings (SSSR count). The first-order chi connectivity index (χ1) is 12.8.